The summed E-state index contributed by atoms with van der Waals surface area (Å²) in [6.45, 7) is 10.6. The third kappa shape index (κ3) is 23.4. The lowest BCUT2D eigenvalue weighted by Crippen LogP contribution is -2.60. The van der Waals surface area contributed by atoms with Gasteiger partial charge in [0.15, 0.2) is 5.92 Å². The molecule has 494 valence electrons. The molecule has 2 aliphatic rings. The topological polar surface area (TPSA) is 501 Å². The van der Waals surface area contributed by atoms with Crippen molar-refractivity contribution in [3.8, 4) is 11.5 Å². The molecule has 0 aliphatic carbocycles. The Labute approximate surface area is 520 Å². The molecule has 4 rings (SSSR count). The van der Waals surface area contributed by atoms with Crippen LogP contribution >= 0.6 is 0 Å². The quantitative estimate of drug-likeness (QED) is 0.0763. The molecule has 2 fully saturated rings. The number of nitrogens with one attached hydrogen (secondary N) is 9. The van der Waals surface area contributed by atoms with E-state index in [1.165, 1.54) is 62.4 Å². The number of benzene rings is 2. The maximum atomic E-state index is 14.8. The number of amides is 12. The van der Waals surface area contributed by atoms with Gasteiger partial charge >= 0.3 is 11.9 Å². The molecule has 90 heavy (non-hydrogen) atoms. The Morgan fingerprint density at radius 2 is 1.08 bits per heavy atom. The zero-order valence-electron chi connectivity index (χ0n) is 51.0. The van der Waals surface area contributed by atoms with Crippen molar-refractivity contribution in [3.63, 3.8) is 0 Å². The Morgan fingerprint density at radius 1 is 0.600 bits per heavy atom. The highest BCUT2D eigenvalue weighted by Crippen LogP contribution is 2.24. The number of phenolic OH excluding ortho intramolecular Hbond substituents is 2. The number of aliphatic carboxylic acids is 2. The van der Waals surface area contributed by atoms with Gasteiger partial charge in [-0.05, 0) is 78.3 Å². The van der Waals surface area contributed by atoms with E-state index >= 15 is 0 Å². The van der Waals surface area contributed by atoms with Gasteiger partial charge in [-0.1, -0.05) is 72.7 Å². The summed E-state index contributed by atoms with van der Waals surface area (Å²) in [5, 5.41) is 61.6. The molecule has 10 atom stereocenters. The fraction of sp³-hybridized carbons (Fsp3) is 0.552. The van der Waals surface area contributed by atoms with Crippen LogP contribution in [0.1, 0.15) is 98.1 Å². The van der Waals surface area contributed by atoms with E-state index in [0.29, 0.717) is 11.1 Å². The van der Waals surface area contributed by atoms with Gasteiger partial charge in [-0.2, -0.15) is 0 Å². The highest BCUT2D eigenvalue weighted by Gasteiger charge is 2.42. The molecule has 0 aromatic heterocycles. The fourth-order valence-electron chi connectivity index (χ4n) is 9.85. The highest BCUT2D eigenvalue weighted by molar-refractivity contribution is 7.85. The van der Waals surface area contributed by atoms with Gasteiger partial charge in [0.2, 0.25) is 70.9 Å². The minimum absolute atomic E-state index is 0.0126. The maximum absolute atomic E-state index is 14.8. The van der Waals surface area contributed by atoms with Gasteiger partial charge in [0.25, 0.3) is 0 Å². The molecule has 2 saturated heterocycles. The van der Waals surface area contributed by atoms with E-state index in [2.05, 4.69) is 47.9 Å². The minimum atomic E-state index is -2.51. The average Bonchev–Trinajstić information content (AvgIpc) is 1.97. The predicted octanol–water partition coefficient (Wildman–Crippen LogP) is -3.69. The van der Waals surface area contributed by atoms with Gasteiger partial charge in [-0.25, -0.2) is 0 Å². The third-order valence-corrected chi connectivity index (χ3v) is 15.7. The number of carboxylic acid groups (broad SMARTS) is 2. The van der Waals surface area contributed by atoms with Crippen molar-refractivity contribution < 1.29 is 91.8 Å². The Balaban J connectivity index is 1.85. The van der Waals surface area contributed by atoms with Crippen LogP contribution in [0.5, 0.6) is 11.5 Å². The molecule has 32 heteroatoms. The normalized spacial score (nSPS) is 24.8. The first-order chi connectivity index (χ1) is 42.0. The molecule has 2 heterocycles. The molecule has 31 nitrogen and oxygen atoms in total. The Kier molecular flexibility index (Phi) is 27.2. The highest BCUT2D eigenvalue weighted by atomic mass is 32.2. The second-order valence-corrected chi connectivity index (χ2v) is 25.6. The number of carbonyl (C=O) groups excluding carboxylic acids is 12. The van der Waals surface area contributed by atoms with Crippen molar-refractivity contribution in [1.82, 2.24) is 52.8 Å². The first kappa shape index (κ1) is 73.2. The molecule has 12 amide bonds. The summed E-state index contributed by atoms with van der Waals surface area (Å²) < 4.78 is 13.7. The third-order valence-electron chi connectivity index (χ3n) is 14.4. The molecule has 2 aromatic rings. The number of carbonyl (C=O) groups is 14. The summed E-state index contributed by atoms with van der Waals surface area (Å²) >= 11 is 0. The van der Waals surface area contributed by atoms with Crippen LogP contribution in [0.3, 0.4) is 0 Å². The maximum Gasteiger partial charge on any atom is 0.317 e. The number of phenols is 2. The van der Waals surface area contributed by atoms with E-state index in [1.807, 2.05) is 0 Å². The summed E-state index contributed by atoms with van der Waals surface area (Å²) in [7, 11) is -2.51. The van der Waals surface area contributed by atoms with Gasteiger partial charge in [0, 0.05) is 36.6 Å². The van der Waals surface area contributed by atoms with E-state index in [0.717, 1.165) is 4.90 Å². The molecule has 0 spiro atoms. The number of nitrogens with two attached hydrogens (primary N) is 2. The summed E-state index contributed by atoms with van der Waals surface area (Å²) in [5.74, 6) is -22.6. The number of primary amides is 2. The summed E-state index contributed by atoms with van der Waals surface area (Å²) in [5.41, 5.74) is 11.2. The second kappa shape index (κ2) is 33.4. The van der Waals surface area contributed by atoms with Gasteiger partial charge in [0.1, 0.15) is 71.6 Å². The number of hydrogen-bond acceptors (Lipinski definition) is 17. The van der Waals surface area contributed by atoms with Crippen molar-refractivity contribution in [2.24, 2.45) is 34.6 Å². The van der Waals surface area contributed by atoms with Crippen LogP contribution in [0, 0.1) is 23.2 Å². The minimum Gasteiger partial charge on any atom is -0.508 e. The molecule has 0 radical (unpaired) electrons. The number of nitrogens with zero attached hydrogens (tertiary/aromatic N) is 1. The Hall–Kier alpha value is -9.23. The lowest BCUT2D eigenvalue weighted by atomic mass is 9.87. The van der Waals surface area contributed by atoms with Gasteiger partial charge in [-0.15, -0.1) is 0 Å². The first-order valence-corrected chi connectivity index (χ1v) is 30.4. The first-order valence-electron chi connectivity index (χ1n) is 28.9. The van der Waals surface area contributed by atoms with Crippen LogP contribution in [-0.4, -0.2) is 191 Å². The number of carboxylic acids is 2. The Bertz CT molecular complexity index is 3010. The molecule has 2 aromatic carbocycles. The molecule has 0 bridgehead atoms. The average molecular weight is 1280 g/mol. The van der Waals surface area contributed by atoms with Gasteiger partial charge in [0.05, 0.1) is 18.7 Å². The van der Waals surface area contributed by atoms with Crippen molar-refractivity contribution in [2.45, 2.75) is 154 Å². The van der Waals surface area contributed by atoms with Gasteiger partial charge in [-0.3, -0.25) is 71.3 Å². The van der Waals surface area contributed by atoms with Crippen LogP contribution < -0.4 is 59.3 Å². The number of hydrogen-bond donors (Lipinski definition) is 15. The summed E-state index contributed by atoms with van der Waals surface area (Å²) in [6.07, 6.45) is -2.75. The van der Waals surface area contributed by atoms with Crippen molar-refractivity contribution >= 4 is 93.6 Å². The zero-order valence-corrected chi connectivity index (χ0v) is 51.8. The van der Waals surface area contributed by atoms with Crippen LogP contribution in [0.2, 0.25) is 0 Å². The standard InChI is InChI=1S/C58H82N12O19S/c1-28(2)19-35-48(77)67-39(21-31-12-16-33(72)17-13-31)55(84)70-18-8-9-42(70)53(82)66-38(23-43(59)73)51(80)69-46(29(3)4)54(83)61-25-44(74)63-40(24-58(5,6)7)52(81)65-36(20-30-10-14-32(71)15-11-30)49(78)68-41(47(60)76)26-90(89)27-45(75)62-37(50(79)64-35)22-34(56(85)86)57(87)88/h10-17,28-29,34-42,46,71-72H,8-9,18-27H2,1-7H3,(H2,59,73)(H2,60,76)(H,61,83)(H,62,75)(H,63,74)(H,64,79)(H,65,81)(H,66,82)(H,67,77)(H,68,78)(H,69,80)(H,85,86)(H,87,88)/t35-,36-,37-,38-,39-,40-,41-,42-,46-,90?/m0/s1. The number of fused-ring (bicyclic) bond motifs is 1. The van der Waals surface area contributed by atoms with Crippen LogP contribution in [0.4, 0.5) is 0 Å². The number of rotatable bonds is 15. The van der Waals surface area contributed by atoms with Crippen molar-refractivity contribution in [3.05, 3.63) is 59.7 Å². The fourth-order valence-corrected chi connectivity index (χ4v) is 11.0. The number of aromatic hydroxyl groups is 2. The lowest BCUT2D eigenvalue weighted by molar-refractivity contribution is -0.155. The smallest absolute Gasteiger partial charge is 0.317 e. The summed E-state index contributed by atoms with van der Waals surface area (Å²) in [6, 6.07) is -4.02. The van der Waals surface area contributed by atoms with E-state index in [9.17, 15) is 91.8 Å². The monoisotopic (exact) mass is 1280 g/mol. The van der Waals surface area contributed by atoms with E-state index in [1.54, 1.807) is 34.6 Å². The van der Waals surface area contributed by atoms with Crippen molar-refractivity contribution in [1.29, 1.82) is 0 Å². The molecule has 1 unspecified atom stereocenters. The van der Waals surface area contributed by atoms with Crippen LogP contribution in [0.15, 0.2) is 48.5 Å². The lowest BCUT2D eigenvalue weighted by Gasteiger charge is -2.31. The van der Waals surface area contributed by atoms with E-state index < -0.39 is 202 Å². The molecule has 17 N–H and O–H groups in total. The van der Waals surface area contributed by atoms with Crippen LogP contribution in [0.25, 0.3) is 0 Å². The second-order valence-electron chi connectivity index (χ2n) is 24.1. The predicted molar refractivity (Wildman–Crippen MR) is 319 cm³/mol. The van der Waals surface area contributed by atoms with Gasteiger partial charge < -0.3 is 84.6 Å². The Morgan fingerprint density at radius 3 is 1.59 bits per heavy atom. The zero-order chi connectivity index (χ0) is 67.5. The van der Waals surface area contributed by atoms with Crippen molar-refractivity contribution in [2.75, 3.05) is 24.6 Å². The SMILES string of the molecule is CC(C)C[C@@H]1NC(=O)[C@H](CC(C(=O)O)C(=O)O)NC(=O)CS(=O)C[C@@H](C(N)=O)NC(=O)[C@H](Cc2ccc(O)cc2)NC(=O)[C@H](CC(C)(C)C)NC(=O)CNC(=O)[C@H](C(C)C)NC(=O)[C@H](CC(N)=O)NC(=O)[C@@H]2CCCN2C(=O)[C@H](Cc2ccc(O)cc2)NC1=O. The molecular weight excluding hydrogens is 1200 g/mol. The molecule has 2 aliphatic heterocycles. The molecule has 0 saturated carbocycles. The van der Waals surface area contributed by atoms with E-state index in [-0.39, 0.29) is 56.6 Å². The van der Waals surface area contributed by atoms with Crippen LogP contribution in [-0.2, 0) is 90.8 Å². The summed E-state index contributed by atoms with van der Waals surface area (Å²) in [4.78, 5) is 193. The largest absolute Gasteiger partial charge is 0.508 e. The van der Waals surface area contributed by atoms with E-state index in [4.69, 9.17) is 11.5 Å². The molecular formula is C58H82N12O19S.